The van der Waals surface area contributed by atoms with Crippen LogP contribution in [0, 0.1) is 5.82 Å². The maximum Gasteiger partial charge on any atom is 0.246 e. The van der Waals surface area contributed by atoms with Crippen LogP contribution in [0.5, 0.6) is 0 Å². The van der Waals surface area contributed by atoms with Gasteiger partial charge in [-0.05, 0) is 36.8 Å². The maximum atomic E-state index is 13.9. The number of hydrogen-bond acceptors (Lipinski definition) is 3. The van der Waals surface area contributed by atoms with Crippen molar-refractivity contribution in [2.45, 2.75) is 17.4 Å². The van der Waals surface area contributed by atoms with E-state index >= 15 is 0 Å². The van der Waals surface area contributed by atoms with Crippen molar-refractivity contribution < 1.29 is 12.8 Å². The van der Waals surface area contributed by atoms with Gasteiger partial charge < -0.3 is 5.32 Å². The summed E-state index contributed by atoms with van der Waals surface area (Å²) >= 11 is 3.19. The first-order valence-corrected chi connectivity index (χ1v) is 9.47. The Morgan fingerprint density at radius 3 is 2.65 bits per heavy atom. The molecule has 0 saturated carbocycles. The number of benzene rings is 2. The fraction of sp³-hybridized carbons (Fsp3) is 0.250. The van der Waals surface area contributed by atoms with Crippen molar-refractivity contribution in [2.75, 3.05) is 18.4 Å². The average Bonchev–Trinajstić information content (AvgIpc) is 3.00. The summed E-state index contributed by atoms with van der Waals surface area (Å²) < 4.78 is 41.1. The topological polar surface area (TPSA) is 49.4 Å². The smallest absolute Gasteiger partial charge is 0.246 e. The van der Waals surface area contributed by atoms with Gasteiger partial charge in [-0.3, -0.25) is 0 Å². The zero-order valence-electron chi connectivity index (χ0n) is 12.2. The van der Waals surface area contributed by atoms with Crippen molar-refractivity contribution in [3.8, 4) is 0 Å². The van der Waals surface area contributed by atoms with Crippen molar-refractivity contribution in [2.24, 2.45) is 0 Å². The van der Waals surface area contributed by atoms with Crippen LogP contribution in [0.25, 0.3) is 0 Å². The molecule has 1 fully saturated rings. The highest BCUT2D eigenvalue weighted by Crippen LogP contribution is 2.27. The van der Waals surface area contributed by atoms with Gasteiger partial charge in [0.2, 0.25) is 10.0 Å². The molecule has 1 aliphatic rings. The highest BCUT2D eigenvalue weighted by atomic mass is 79.9. The first kappa shape index (κ1) is 16.4. The van der Waals surface area contributed by atoms with Gasteiger partial charge in [0.15, 0.2) is 0 Å². The van der Waals surface area contributed by atoms with Crippen molar-refractivity contribution in [3.05, 3.63) is 58.8 Å². The molecule has 2 aromatic rings. The Labute approximate surface area is 143 Å². The quantitative estimate of drug-likeness (QED) is 0.857. The molecule has 1 aliphatic heterocycles. The van der Waals surface area contributed by atoms with Crippen molar-refractivity contribution in [3.63, 3.8) is 0 Å². The number of halogens is 2. The number of sulfonamides is 1. The molecule has 3 rings (SSSR count). The summed E-state index contributed by atoms with van der Waals surface area (Å²) in [4.78, 5) is -0.285. The third-order valence-electron chi connectivity index (χ3n) is 3.81. The summed E-state index contributed by atoms with van der Waals surface area (Å²) in [5.41, 5.74) is 0.949. The Hall–Kier alpha value is -1.44. The molecule has 0 aliphatic carbocycles. The third kappa shape index (κ3) is 3.57. The van der Waals surface area contributed by atoms with Crippen LogP contribution in [0.2, 0.25) is 0 Å². The first-order chi connectivity index (χ1) is 11.0. The van der Waals surface area contributed by atoms with Crippen LogP contribution in [-0.4, -0.2) is 31.9 Å². The highest BCUT2D eigenvalue weighted by molar-refractivity contribution is 9.10. The van der Waals surface area contributed by atoms with E-state index < -0.39 is 15.8 Å². The molecule has 23 heavy (non-hydrogen) atoms. The Bertz CT molecular complexity index is 799. The van der Waals surface area contributed by atoms with Gasteiger partial charge >= 0.3 is 0 Å². The predicted molar refractivity (Wildman–Crippen MR) is 91.3 cm³/mol. The van der Waals surface area contributed by atoms with Crippen molar-refractivity contribution in [1.82, 2.24) is 4.31 Å². The van der Waals surface area contributed by atoms with Gasteiger partial charge in [-0.2, -0.15) is 4.31 Å². The van der Waals surface area contributed by atoms with Gasteiger partial charge in [0.1, 0.15) is 10.7 Å². The van der Waals surface area contributed by atoms with Gasteiger partial charge in [-0.25, -0.2) is 12.8 Å². The van der Waals surface area contributed by atoms with Gasteiger partial charge in [0, 0.05) is 29.3 Å². The molecule has 122 valence electrons. The van der Waals surface area contributed by atoms with Crippen LogP contribution >= 0.6 is 15.9 Å². The van der Waals surface area contributed by atoms with E-state index in [1.807, 2.05) is 30.3 Å². The van der Waals surface area contributed by atoms with E-state index in [9.17, 15) is 12.8 Å². The van der Waals surface area contributed by atoms with Crippen LogP contribution in [0.3, 0.4) is 0 Å². The molecule has 1 saturated heterocycles. The van der Waals surface area contributed by atoms with Gasteiger partial charge in [0.25, 0.3) is 0 Å². The Morgan fingerprint density at radius 1 is 1.17 bits per heavy atom. The van der Waals surface area contributed by atoms with Gasteiger partial charge in [0.05, 0.1) is 0 Å². The number of para-hydroxylation sites is 1. The van der Waals surface area contributed by atoms with Crippen LogP contribution < -0.4 is 5.32 Å². The second kappa shape index (κ2) is 6.59. The number of nitrogens with zero attached hydrogens (tertiary/aromatic N) is 1. The Kier molecular flexibility index (Phi) is 4.70. The van der Waals surface area contributed by atoms with Crippen molar-refractivity contribution >= 4 is 31.6 Å². The van der Waals surface area contributed by atoms with E-state index in [1.54, 1.807) is 0 Å². The summed E-state index contributed by atoms with van der Waals surface area (Å²) in [5.74, 6) is -0.729. The largest absolute Gasteiger partial charge is 0.381 e. The lowest BCUT2D eigenvalue weighted by atomic mass is 10.2. The molecule has 1 unspecified atom stereocenters. The third-order valence-corrected chi connectivity index (χ3v) is 6.18. The van der Waals surface area contributed by atoms with Crippen molar-refractivity contribution in [1.29, 1.82) is 0 Å². The first-order valence-electron chi connectivity index (χ1n) is 7.23. The minimum Gasteiger partial charge on any atom is -0.381 e. The molecule has 2 aromatic carbocycles. The van der Waals surface area contributed by atoms with Crippen LogP contribution in [0.15, 0.2) is 57.9 Å². The number of anilines is 1. The maximum absolute atomic E-state index is 13.9. The minimum absolute atomic E-state index is 0.0161. The van der Waals surface area contributed by atoms with Crippen LogP contribution in [0.4, 0.5) is 10.1 Å². The molecule has 0 bridgehead atoms. The summed E-state index contributed by atoms with van der Waals surface area (Å²) in [6.07, 6.45) is 0.684. The van der Waals surface area contributed by atoms with Crippen LogP contribution in [0.1, 0.15) is 6.42 Å². The highest BCUT2D eigenvalue weighted by Gasteiger charge is 2.34. The molecule has 1 heterocycles. The lowest BCUT2D eigenvalue weighted by Gasteiger charge is -2.18. The summed E-state index contributed by atoms with van der Waals surface area (Å²) in [7, 11) is -3.83. The Morgan fingerprint density at radius 2 is 1.91 bits per heavy atom. The predicted octanol–water partition coefficient (Wildman–Crippen LogP) is 3.46. The van der Waals surface area contributed by atoms with E-state index in [2.05, 4.69) is 21.2 Å². The molecule has 0 amide bonds. The molecule has 4 nitrogen and oxygen atoms in total. The summed E-state index contributed by atoms with van der Waals surface area (Å²) in [5, 5.41) is 3.31. The minimum atomic E-state index is -3.83. The lowest BCUT2D eigenvalue weighted by molar-refractivity contribution is 0.467. The lowest BCUT2D eigenvalue weighted by Crippen LogP contribution is -2.32. The zero-order valence-corrected chi connectivity index (χ0v) is 14.6. The van der Waals surface area contributed by atoms with E-state index in [-0.39, 0.29) is 10.9 Å². The standard InChI is InChI=1S/C16H16BrFN2O2S/c17-12-6-7-15(18)16(10-12)23(21,22)20-9-8-14(11-20)19-13-4-2-1-3-5-13/h1-7,10,14,19H,8-9,11H2. The van der Waals surface area contributed by atoms with E-state index in [0.717, 1.165) is 11.8 Å². The number of nitrogens with one attached hydrogen (secondary N) is 1. The summed E-state index contributed by atoms with van der Waals surface area (Å²) in [6.45, 7) is 0.696. The van der Waals surface area contributed by atoms with Crippen LogP contribution in [-0.2, 0) is 10.0 Å². The number of rotatable bonds is 4. The van der Waals surface area contributed by atoms with E-state index in [0.29, 0.717) is 24.0 Å². The summed E-state index contributed by atoms with van der Waals surface area (Å²) in [6, 6.07) is 13.6. The molecule has 1 atom stereocenters. The van der Waals surface area contributed by atoms with E-state index in [4.69, 9.17) is 0 Å². The molecular formula is C16H16BrFN2O2S. The normalized spacial score (nSPS) is 19.0. The second-order valence-electron chi connectivity index (χ2n) is 5.43. The molecule has 1 N–H and O–H groups in total. The average molecular weight is 399 g/mol. The monoisotopic (exact) mass is 398 g/mol. The van der Waals surface area contributed by atoms with Gasteiger partial charge in [-0.15, -0.1) is 0 Å². The molecule has 0 radical (unpaired) electrons. The molecule has 7 heteroatoms. The molecular weight excluding hydrogens is 383 g/mol. The van der Waals surface area contributed by atoms with Gasteiger partial charge in [-0.1, -0.05) is 34.1 Å². The second-order valence-corrected chi connectivity index (χ2v) is 8.26. The fourth-order valence-electron chi connectivity index (χ4n) is 2.65. The Balaban J connectivity index is 1.76. The molecule has 0 aromatic heterocycles. The zero-order chi connectivity index (χ0) is 16.4. The number of hydrogen-bond donors (Lipinski definition) is 1. The SMILES string of the molecule is O=S(=O)(c1cc(Br)ccc1F)N1CCC(Nc2ccccc2)C1. The van der Waals surface area contributed by atoms with E-state index in [1.165, 1.54) is 16.4 Å². The fourth-order valence-corrected chi connectivity index (χ4v) is 4.75. The molecule has 0 spiro atoms.